The molecule has 0 saturated heterocycles. The summed E-state index contributed by atoms with van der Waals surface area (Å²) in [5.74, 6) is 0. The lowest BCUT2D eigenvalue weighted by atomic mass is 10.4. The van der Waals surface area contributed by atoms with Gasteiger partial charge in [0.15, 0.2) is 0 Å². The fourth-order valence-electron chi connectivity index (χ4n) is 0. The lowest BCUT2D eigenvalue weighted by Gasteiger charge is -2.05. The summed E-state index contributed by atoms with van der Waals surface area (Å²) in [6.45, 7) is 0. The first-order chi connectivity index (χ1) is 2.64. The number of nitrogens with zero attached hydrogens (tertiary/aromatic N) is 1. The molecule has 0 rings (SSSR count). The Balaban J connectivity index is 3.26. The molecule has 0 bridgehead atoms. The monoisotopic (exact) mass is 117 g/mol. The van der Waals surface area contributed by atoms with E-state index >= 15 is 0 Å². The third-order valence-corrected chi connectivity index (χ3v) is 0.905. The van der Waals surface area contributed by atoms with Crippen molar-refractivity contribution in [2.75, 3.05) is 7.05 Å². The molecule has 1 nitrogen and oxygen atoms in total. The summed E-state index contributed by atoms with van der Waals surface area (Å²) >= 11 is 8.21. The smallest absolute Gasteiger partial charge is 0.228 e. The van der Waals surface area contributed by atoms with Crippen LogP contribution >= 0.6 is 24.8 Å². The lowest BCUT2D eigenvalue weighted by Crippen LogP contribution is -2.15. The molecule has 32 valence electrons. The molecule has 6 heavy (non-hydrogen) atoms. The highest BCUT2D eigenvalue weighted by molar-refractivity contribution is 8.11. The van der Waals surface area contributed by atoms with Crippen LogP contribution < -0.4 is 0 Å². The van der Waals surface area contributed by atoms with Gasteiger partial charge in [-0.3, -0.25) is 0 Å². The van der Waals surface area contributed by atoms with Gasteiger partial charge in [0.1, 0.15) is 4.32 Å². The van der Waals surface area contributed by atoms with Crippen LogP contribution in [0.1, 0.15) is 0 Å². The SMILES string of the molecule is [B]N(C)C(=S)S. The Morgan fingerprint density at radius 3 is 2.17 bits per heavy atom. The Kier molecular flexibility index (Phi) is 2.60. The van der Waals surface area contributed by atoms with Crippen molar-refractivity contribution in [3.63, 3.8) is 0 Å². The van der Waals surface area contributed by atoms with Crippen molar-refractivity contribution in [2.45, 2.75) is 0 Å². The summed E-state index contributed by atoms with van der Waals surface area (Å²) in [5.41, 5.74) is 0. The maximum atomic E-state index is 5.05. The van der Waals surface area contributed by atoms with Gasteiger partial charge in [0.05, 0.1) is 0 Å². The van der Waals surface area contributed by atoms with Crippen LogP contribution in [-0.4, -0.2) is 24.2 Å². The zero-order valence-corrected chi connectivity index (χ0v) is 5.09. The van der Waals surface area contributed by atoms with Crippen LogP contribution in [0.3, 0.4) is 0 Å². The van der Waals surface area contributed by atoms with Crippen molar-refractivity contribution in [2.24, 2.45) is 0 Å². The fraction of sp³-hybridized carbons (Fsp3) is 0.500. The van der Waals surface area contributed by atoms with Gasteiger partial charge in [0.2, 0.25) is 7.98 Å². The summed E-state index contributed by atoms with van der Waals surface area (Å²) in [6, 6.07) is 0. The van der Waals surface area contributed by atoms with E-state index < -0.39 is 0 Å². The van der Waals surface area contributed by atoms with E-state index in [1.807, 2.05) is 0 Å². The van der Waals surface area contributed by atoms with Crippen molar-refractivity contribution in [1.82, 2.24) is 4.81 Å². The molecule has 0 saturated carbocycles. The van der Waals surface area contributed by atoms with Crippen LogP contribution in [0.4, 0.5) is 0 Å². The van der Waals surface area contributed by atoms with E-state index in [2.05, 4.69) is 24.8 Å². The highest BCUT2D eigenvalue weighted by atomic mass is 32.1. The summed E-state index contributed by atoms with van der Waals surface area (Å²) in [6.07, 6.45) is 0. The predicted octanol–water partition coefficient (Wildman–Crippen LogP) is 0.216. The molecule has 0 aromatic rings. The Labute approximate surface area is 49.6 Å². The van der Waals surface area contributed by atoms with Gasteiger partial charge in [-0.05, 0) is 7.05 Å². The van der Waals surface area contributed by atoms with Crippen molar-refractivity contribution < 1.29 is 0 Å². The van der Waals surface area contributed by atoms with Gasteiger partial charge in [-0.1, -0.05) is 12.2 Å². The molecule has 0 atom stereocenters. The van der Waals surface area contributed by atoms with Gasteiger partial charge in [-0.15, -0.1) is 12.6 Å². The zero-order chi connectivity index (χ0) is 5.15. The number of hydrogen-bond acceptors (Lipinski definition) is 1. The van der Waals surface area contributed by atoms with Gasteiger partial charge in [-0.2, -0.15) is 0 Å². The maximum Gasteiger partial charge on any atom is 0.228 e. The van der Waals surface area contributed by atoms with Crippen LogP contribution in [0, 0.1) is 0 Å². The molecule has 0 unspecified atom stereocenters. The minimum atomic E-state index is 0.398. The highest BCUT2D eigenvalue weighted by Gasteiger charge is 1.83. The number of hydrogen-bond donors (Lipinski definition) is 1. The summed E-state index contributed by atoms with van der Waals surface area (Å²) in [4.78, 5) is 1.26. The molecule has 0 heterocycles. The second-order valence-electron chi connectivity index (χ2n) is 0.893. The molecule has 0 aromatic heterocycles. The normalized spacial score (nSPS) is 7.67. The van der Waals surface area contributed by atoms with Gasteiger partial charge in [-0.25, -0.2) is 0 Å². The van der Waals surface area contributed by atoms with E-state index in [0.717, 1.165) is 0 Å². The largest absolute Gasteiger partial charge is 0.414 e. The molecule has 0 aliphatic carbocycles. The number of thiol groups is 1. The minimum Gasteiger partial charge on any atom is -0.414 e. The first-order valence-corrected chi connectivity index (χ1v) is 2.21. The van der Waals surface area contributed by atoms with Gasteiger partial charge >= 0.3 is 0 Å². The predicted molar refractivity (Wildman–Crippen MR) is 35.1 cm³/mol. The van der Waals surface area contributed by atoms with Crippen LogP contribution in [0.25, 0.3) is 0 Å². The molecule has 0 amide bonds. The molecule has 2 radical (unpaired) electrons. The molecule has 0 aliphatic rings. The average molecular weight is 117 g/mol. The Morgan fingerprint density at radius 1 is 2.00 bits per heavy atom. The van der Waals surface area contributed by atoms with Crippen LogP contribution in [-0.2, 0) is 0 Å². The first-order valence-electron chi connectivity index (χ1n) is 1.36. The van der Waals surface area contributed by atoms with E-state index in [-0.39, 0.29) is 0 Å². The van der Waals surface area contributed by atoms with Gasteiger partial charge in [0, 0.05) is 0 Å². The summed E-state index contributed by atoms with van der Waals surface area (Å²) in [7, 11) is 6.69. The van der Waals surface area contributed by atoms with Gasteiger partial charge < -0.3 is 4.81 Å². The second-order valence-corrected chi connectivity index (χ2v) is 2.01. The maximum absolute atomic E-state index is 5.05. The Hall–Kier alpha value is 0.305. The quantitative estimate of drug-likeness (QED) is 0.274. The third kappa shape index (κ3) is 2.54. The third-order valence-electron chi connectivity index (χ3n) is 0.302. The van der Waals surface area contributed by atoms with Gasteiger partial charge in [0.25, 0.3) is 0 Å². The van der Waals surface area contributed by atoms with Crippen molar-refractivity contribution >= 4 is 37.1 Å². The van der Waals surface area contributed by atoms with Crippen molar-refractivity contribution in [1.29, 1.82) is 0 Å². The van der Waals surface area contributed by atoms with Crippen LogP contribution in [0.5, 0.6) is 0 Å². The molecule has 0 aromatic carbocycles. The standard InChI is InChI=1S/C2H4BNS2/c1-4(3)2(5)6/h1H3,(H,5,6). The molecule has 0 N–H and O–H groups in total. The van der Waals surface area contributed by atoms with Crippen molar-refractivity contribution in [3.05, 3.63) is 0 Å². The van der Waals surface area contributed by atoms with E-state index in [1.165, 1.54) is 4.81 Å². The van der Waals surface area contributed by atoms with Crippen molar-refractivity contribution in [3.8, 4) is 0 Å². The van der Waals surface area contributed by atoms with E-state index in [0.29, 0.717) is 4.32 Å². The second kappa shape index (κ2) is 2.47. The Bertz CT molecular complexity index is 62.6. The van der Waals surface area contributed by atoms with E-state index in [9.17, 15) is 0 Å². The number of rotatable bonds is 0. The summed E-state index contributed by atoms with van der Waals surface area (Å²) in [5, 5.41) is 0. The first kappa shape index (κ1) is 6.30. The molecule has 0 spiro atoms. The van der Waals surface area contributed by atoms with Crippen LogP contribution in [0.2, 0.25) is 0 Å². The minimum absolute atomic E-state index is 0.398. The molecular formula is C2H4BNS2. The topological polar surface area (TPSA) is 3.24 Å². The molecular weight excluding hydrogens is 113 g/mol. The Morgan fingerprint density at radius 2 is 2.17 bits per heavy atom. The fourth-order valence-corrected chi connectivity index (χ4v) is 0. The molecule has 0 fully saturated rings. The lowest BCUT2D eigenvalue weighted by molar-refractivity contribution is 0.854. The van der Waals surface area contributed by atoms with Crippen LogP contribution in [0.15, 0.2) is 0 Å². The zero-order valence-electron chi connectivity index (χ0n) is 3.38. The molecule has 0 aliphatic heterocycles. The summed E-state index contributed by atoms with van der Waals surface area (Å²) < 4.78 is 0.398. The highest BCUT2D eigenvalue weighted by Crippen LogP contribution is 1.83. The number of thiocarbonyl (C=S) groups is 1. The average Bonchev–Trinajstić information content (AvgIpc) is 1.36. The molecule has 4 heteroatoms. The van der Waals surface area contributed by atoms with E-state index in [1.54, 1.807) is 7.05 Å². The van der Waals surface area contributed by atoms with E-state index in [4.69, 9.17) is 7.98 Å².